The van der Waals surface area contributed by atoms with Crippen LogP contribution in [-0.4, -0.2) is 71.4 Å². The third-order valence-corrected chi connectivity index (χ3v) is 9.00. The summed E-state index contributed by atoms with van der Waals surface area (Å²) < 4.78 is 0. The Balaban J connectivity index is 1.04. The molecule has 39 heavy (non-hydrogen) atoms. The molecule has 0 atom stereocenters. The molecule has 0 bridgehead atoms. The van der Waals surface area contributed by atoms with Gasteiger partial charge in [0.1, 0.15) is 5.54 Å². The highest BCUT2D eigenvalue weighted by Crippen LogP contribution is 2.41. The molecule has 3 fully saturated rings. The number of nitrogens with one attached hydrogen (secondary N) is 1. The van der Waals surface area contributed by atoms with E-state index in [0.717, 1.165) is 45.6 Å². The van der Waals surface area contributed by atoms with E-state index in [0.29, 0.717) is 25.3 Å². The minimum atomic E-state index is -0.709. The zero-order valence-electron chi connectivity index (χ0n) is 22.5. The molecule has 0 unspecified atom stereocenters. The van der Waals surface area contributed by atoms with E-state index in [1.54, 1.807) is 0 Å². The van der Waals surface area contributed by atoms with Crippen molar-refractivity contribution in [1.29, 1.82) is 0 Å². The molecule has 2 aliphatic heterocycles. The van der Waals surface area contributed by atoms with Gasteiger partial charge in [0.2, 0.25) is 0 Å². The van der Waals surface area contributed by atoms with Crippen LogP contribution in [0.3, 0.4) is 0 Å². The van der Waals surface area contributed by atoms with Crippen LogP contribution in [0.4, 0.5) is 4.79 Å². The molecule has 1 aliphatic carbocycles. The van der Waals surface area contributed by atoms with E-state index in [1.807, 2.05) is 6.07 Å². The number of imide groups is 1. The molecule has 6 nitrogen and oxygen atoms in total. The second-order valence-corrected chi connectivity index (χ2v) is 11.3. The SMILES string of the molecule is O=C1NC2(CCC(c3ccccc3)CC2)C(=O)N1CCN1CCN(C(c2ccccc2)c2ccccc2)CC1. The smallest absolute Gasteiger partial charge is 0.323 e. The highest BCUT2D eigenvalue weighted by molar-refractivity contribution is 6.07. The number of carbonyl (C=O) groups excluding carboxylic acids is 2. The van der Waals surface area contributed by atoms with Crippen LogP contribution in [0.2, 0.25) is 0 Å². The highest BCUT2D eigenvalue weighted by atomic mass is 16.2. The Morgan fingerprint density at radius 2 is 1.26 bits per heavy atom. The molecular weight excluding hydrogens is 484 g/mol. The predicted molar refractivity (Wildman–Crippen MR) is 153 cm³/mol. The van der Waals surface area contributed by atoms with E-state index in [-0.39, 0.29) is 18.0 Å². The summed E-state index contributed by atoms with van der Waals surface area (Å²) in [4.78, 5) is 32.8. The molecule has 1 N–H and O–H groups in total. The van der Waals surface area contributed by atoms with E-state index in [2.05, 4.69) is 100 Å². The molecule has 2 saturated heterocycles. The second-order valence-electron chi connectivity index (χ2n) is 11.3. The average Bonchev–Trinajstić information content (AvgIpc) is 3.22. The molecule has 2 heterocycles. The summed E-state index contributed by atoms with van der Waals surface area (Å²) in [5, 5.41) is 3.10. The van der Waals surface area contributed by atoms with E-state index >= 15 is 0 Å². The van der Waals surface area contributed by atoms with Crippen molar-refractivity contribution in [3.8, 4) is 0 Å². The summed E-state index contributed by atoms with van der Waals surface area (Å²) in [6.07, 6.45) is 3.28. The van der Waals surface area contributed by atoms with Gasteiger partial charge in [-0.3, -0.25) is 19.5 Å². The second kappa shape index (κ2) is 11.3. The summed E-state index contributed by atoms with van der Waals surface area (Å²) >= 11 is 0. The van der Waals surface area contributed by atoms with E-state index in [4.69, 9.17) is 0 Å². The fourth-order valence-corrected chi connectivity index (χ4v) is 6.76. The maximum absolute atomic E-state index is 13.5. The lowest BCUT2D eigenvalue weighted by molar-refractivity contribution is -0.132. The van der Waals surface area contributed by atoms with Gasteiger partial charge < -0.3 is 5.32 Å². The Morgan fingerprint density at radius 1 is 0.718 bits per heavy atom. The molecule has 0 aromatic heterocycles. The minimum absolute atomic E-state index is 0.0223. The normalized spacial score (nSPS) is 24.4. The van der Waals surface area contributed by atoms with Crippen LogP contribution in [0.1, 0.15) is 54.3 Å². The Bertz CT molecular complexity index is 1210. The lowest BCUT2D eigenvalue weighted by atomic mass is 9.74. The number of piperazine rings is 1. The van der Waals surface area contributed by atoms with Gasteiger partial charge in [-0.25, -0.2) is 4.79 Å². The number of hydrogen-bond donors (Lipinski definition) is 1. The number of carbonyl (C=O) groups is 2. The van der Waals surface area contributed by atoms with E-state index in [1.165, 1.54) is 21.6 Å². The zero-order chi connectivity index (χ0) is 26.7. The fraction of sp³-hybridized carbons (Fsp3) is 0.394. The van der Waals surface area contributed by atoms with Crippen molar-refractivity contribution in [1.82, 2.24) is 20.0 Å². The molecule has 1 spiro atoms. The van der Waals surface area contributed by atoms with Crippen LogP contribution < -0.4 is 5.32 Å². The van der Waals surface area contributed by atoms with E-state index in [9.17, 15) is 9.59 Å². The van der Waals surface area contributed by atoms with Gasteiger partial charge in [-0.15, -0.1) is 0 Å². The predicted octanol–water partition coefficient (Wildman–Crippen LogP) is 5.04. The van der Waals surface area contributed by atoms with Gasteiger partial charge in [0.05, 0.1) is 6.04 Å². The lowest BCUT2D eigenvalue weighted by Crippen LogP contribution is -2.51. The van der Waals surface area contributed by atoms with Gasteiger partial charge in [-0.05, 0) is 48.3 Å². The fourth-order valence-electron chi connectivity index (χ4n) is 6.76. The molecule has 3 aliphatic rings. The summed E-state index contributed by atoms with van der Waals surface area (Å²) in [5.41, 5.74) is 3.24. The summed E-state index contributed by atoms with van der Waals surface area (Å²) in [7, 11) is 0. The summed E-state index contributed by atoms with van der Waals surface area (Å²) in [6, 6.07) is 32.0. The van der Waals surface area contributed by atoms with Crippen molar-refractivity contribution in [2.75, 3.05) is 39.3 Å². The monoisotopic (exact) mass is 522 g/mol. The first-order valence-corrected chi connectivity index (χ1v) is 14.4. The van der Waals surface area contributed by atoms with Crippen LogP contribution in [0.25, 0.3) is 0 Å². The molecule has 3 aromatic rings. The third kappa shape index (κ3) is 5.36. The zero-order valence-corrected chi connectivity index (χ0v) is 22.5. The molecule has 3 aromatic carbocycles. The molecule has 3 amide bonds. The topological polar surface area (TPSA) is 55.9 Å². The van der Waals surface area contributed by atoms with Gasteiger partial charge >= 0.3 is 6.03 Å². The Hall–Kier alpha value is -3.48. The van der Waals surface area contributed by atoms with Gasteiger partial charge in [0.25, 0.3) is 5.91 Å². The minimum Gasteiger partial charge on any atom is -0.323 e. The van der Waals surface area contributed by atoms with Crippen LogP contribution >= 0.6 is 0 Å². The Morgan fingerprint density at radius 3 is 1.82 bits per heavy atom. The molecular formula is C33H38N4O2. The van der Waals surface area contributed by atoms with Gasteiger partial charge in [-0.2, -0.15) is 0 Å². The van der Waals surface area contributed by atoms with Gasteiger partial charge in [-0.1, -0.05) is 91.0 Å². The van der Waals surface area contributed by atoms with Crippen LogP contribution in [0.5, 0.6) is 0 Å². The Labute approximate surface area is 231 Å². The number of amides is 3. The lowest BCUT2D eigenvalue weighted by Gasteiger charge is -2.40. The number of rotatable bonds is 7. The molecule has 6 heteroatoms. The number of nitrogens with zero attached hydrogens (tertiary/aromatic N) is 3. The first-order chi connectivity index (χ1) is 19.1. The molecule has 202 valence electrons. The van der Waals surface area contributed by atoms with Crippen LogP contribution in [0.15, 0.2) is 91.0 Å². The van der Waals surface area contributed by atoms with Crippen molar-refractivity contribution in [3.63, 3.8) is 0 Å². The van der Waals surface area contributed by atoms with Crippen molar-refractivity contribution in [2.24, 2.45) is 0 Å². The quantitative estimate of drug-likeness (QED) is 0.442. The summed E-state index contributed by atoms with van der Waals surface area (Å²) in [5.74, 6) is 0.438. The van der Waals surface area contributed by atoms with Crippen molar-refractivity contribution in [3.05, 3.63) is 108 Å². The first-order valence-electron chi connectivity index (χ1n) is 14.4. The number of urea groups is 1. The maximum atomic E-state index is 13.5. The van der Waals surface area contributed by atoms with E-state index < -0.39 is 5.54 Å². The third-order valence-electron chi connectivity index (χ3n) is 9.00. The van der Waals surface area contributed by atoms with Crippen molar-refractivity contribution >= 4 is 11.9 Å². The highest BCUT2D eigenvalue weighted by Gasteiger charge is 2.52. The van der Waals surface area contributed by atoms with Crippen LogP contribution in [0, 0.1) is 0 Å². The number of benzene rings is 3. The van der Waals surface area contributed by atoms with Gasteiger partial charge in [0.15, 0.2) is 0 Å². The van der Waals surface area contributed by atoms with Crippen molar-refractivity contribution in [2.45, 2.75) is 43.2 Å². The maximum Gasteiger partial charge on any atom is 0.325 e. The molecule has 1 saturated carbocycles. The Kier molecular flexibility index (Phi) is 7.49. The average molecular weight is 523 g/mol. The van der Waals surface area contributed by atoms with Gasteiger partial charge in [0, 0.05) is 39.3 Å². The standard InChI is InChI=1S/C33H38N4O2/c38-31-33(18-16-27(17-19-33)26-10-4-1-5-11-26)34-32(39)37(31)25-22-35-20-23-36(24-21-35)30(28-12-6-2-7-13-28)29-14-8-3-9-15-29/h1-15,27,30H,16-25H2,(H,34,39). The number of hydrogen-bond acceptors (Lipinski definition) is 4. The van der Waals surface area contributed by atoms with Crippen molar-refractivity contribution < 1.29 is 9.59 Å². The summed E-state index contributed by atoms with van der Waals surface area (Å²) in [6.45, 7) is 4.90. The molecule has 0 radical (unpaired) electrons. The molecule has 6 rings (SSSR count). The first kappa shape index (κ1) is 25.8. The largest absolute Gasteiger partial charge is 0.325 e. The van der Waals surface area contributed by atoms with Crippen LogP contribution in [-0.2, 0) is 4.79 Å².